The highest BCUT2D eigenvalue weighted by Crippen LogP contribution is 2.17. The highest BCUT2D eigenvalue weighted by molar-refractivity contribution is 5.28. The van der Waals surface area contributed by atoms with Gasteiger partial charge in [-0.25, -0.2) is 0 Å². The molecule has 0 unspecified atom stereocenters. The summed E-state index contributed by atoms with van der Waals surface area (Å²) in [6.07, 6.45) is 4.12. The standard InChI is InChI=1S/C23H26N2O/c1-3-14-24(17-21-11-7-13-23(16-21)26-2)19-22-12-8-15-25(22)18-20-9-5-4-6-10-20/h3-13,15-16H,1,14,17-19H2,2H3. The molecule has 3 nitrogen and oxygen atoms in total. The summed E-state index contributed by atoms with van der Waals surface area (Å²) in [5.74, 6) is 0.897. The molecule has 0 aliphatic rings. The monoisotopic (exact) mass is 346 g/mol. The van der Waals surface area contributed by atoms with E-state index in [-0.39, 0.29) is 0 Å². The van der Waals surface area contributed by atoms with Crippen LogP contribution in [0, 0.1) is 0 Å². The molecule has 0 aliphatic heterocycles. The third kappa shape index (κ3) is 4.87. The minimum Gasteiger partial charge on any atom is -0.497 e. The Morgan fingerprint density at radius 1 is 0.962 bits per heavy atom. The third-order valence-electron chi connectivity index (χ3n) is 4.43. The van der Waals surface area contributed by atoms with Crippen molar-refractivity contribution in [1.29, 1.82) is 0 Å². The maximum Gasteiger partial charge on any atom is 0.119 e. The highest BCUT2D eigenvalue weighted by Gasteiger charge is 2.10. The number of ether oxygens (including phenoxy) is 1. The first-order valence-electron chi connectivity index (χ1n) is 8.92. The number of aromatic nitrogens is 1. The first-order valence-corrected chi connectivity index (χ1v) is 8.92. The van der Waals surface area contributed by atoms with Crippen LogP contribution >= 0.6 is 0 Å². The van der Waals surface area contributed by atoms with E-state index in [1.54, 1.807) is 7.11 Å². The van der Waals surface area contributed by atoms with Gasteiger partial charge in [0, 0.05) is 38.1 Å². The summed E-state index contributed by atoms with van der Waals surface area (Å²) in [6, 6.07) is 23.1. The number of benzene rings is 2. The number of hydrogen-bond acceptors (Lipinski definition) is 2. The molecule has 0 amide bonds. The van der Waals surface area contributed by atoms with Crippen molar-refractivity contribution in [3.63, 3.8) is 0 Å². The Kier molecular flexibility index (Phi) is 6.29. The Morgan fingerprint density at radius 3 is 2.54 bits per heavy atom. The van der Waals surface area contributed by atoms with Gasteiger partial charge in [-0.2, -0.15) is 0 Å². The van der Waals surface area contributed by atoms with Gasteiger partial charge in [0.15, 0.2) is 0 Å². The molecule has 0 radical (unpaired) electrons. The molecule has 3 rings (SSSR count). The van der Waals surface area contributed by atoms with Crippen molar-refractivity contribution in [3.8, 4) is 5.75 Å². The maximum absolute atomic E-state index is 5.34. The van der Waals surface area contributed by atoms with E-state index < -0.39 is 0 Å². The topological polar surface area (TPSA) is 17.4 Å². The number of rotatable bonds is 9. The molecular formula is C23H26N2O. The number of nitrogens with zero attached hydrogens (tertiary/aromatic N) is 2. The Hall–Kier alpha value is -2.78. The molecule has 2 aromatic carbocycles. The SMILES string of the molecule is C=CCN(Cc1cccc(OC)c1)Cc1cccn1Cc1ccccc1. The minimum absolute atomic E-state index is 0.841. The van der Waals surface area contributed by atoms with Gasteiger partial charge in [0.05, 0.1) is 7.11 Å². The van der Waals surface area contributed by atoms with E-state index in [1.165, 1.54) is 16.8 Å². The predicted molar refractivity (Wildman–Crippen MR) is 107 cm³/mol. The summed E-state index contributed by atoms with van der Waals surface area (Å²) >= 11 is 0. The van der Waals surface area contributed by atoms with Gasteiger partial charge in [-0.15, -0.1) is 6.58 Å². The van der Waals surface area contributed by atoms with Crippen molar-refractivity contribution in [2.75, 3.05) is 13.7 Å². The van der Waals surface area contributed by atoms with Crippen LogP contribution in [0.4, 0.5) is 0 Å². The van der Waals surface area contributed by atoms with E-state index in [9.17, 15) is 0 Å². The predicted octanol–water partition coefficient (Wildman–Crippen LogP) is 4.73. The molecule has 0 bridgehead atoms. The summed E-state index contributed by atoms with van der Waals surface area (Å²) in [4.78, 5) is 2.39. The largest absolute Gasteiger partial charge is 0.497 e. The van der Waals surface area contributed by atoms with Crippen molar-refractivity contribution < 1.29 is 4.74 Å². The van der Waals surface area contributed by atoms with Crippen LogP contribution < -0.4 is 4.74 Å². The van der Waals surface area contributed by atoms with Crippen molar-refractivity contribution >= 4 is 0 Å². The van der Waals surface area contributed by atoms with Gasteiger partial charge in [0.2, 0.25) is 0 Å². The zero-order valence-corrected chi connectivity index (χ0v) is 15.3. The average Bonchev–Trinajstić information content (AvgIpc) is 3.09. The van der Waals surface area contributed by atoms with E-state index >= 15 is 0 Å². The van der Waals surface area contributed by atoms with Crippen LogP contribution in [0.2, 0.25) is 0 Å². The van der Waals surface area contributed by atoms with E-state index in [0.717, 1.165) is 31.9 Å². The van der Waals surface area contributed by atoms with Crippen molar-refractivity contribution in [2.24, 2.45) is 0 Å². The van der Waals surface area contributed by atoms with Crippen LogP contribution in [0.5, 0.6) is 5.75 Å². The van der Waals surface area contributed by atoms with Gasteiger partial charge < -0.3 is 9.30 Å². The van der Waals surface area contributed by atoms with Crippen LogP contribution in [-0.4, -0.2) is 23.1 Å². The lowest BCUT2D eigenvalue weighted by molar-refractivity contribution is 0.278. The van der Waals surface area contributed by atoms with E-state index in [1.807, 2.05) is 18.2 Å². The molecule has 0 fully saturated rings. The summed E-state index contributed by atoms with van der Waals surface area (Å²) in [6.45, 7) is 7.40. The summed E-state index contributed by atoms with van der Waals surface area (Å²) < 4.78 is 7.66. The molecule has 0 atom stereocenters. The fourth-order valence-corrected chi connectivity index (χ4v) is 3.15. The second kappa shape index (κ2) is 9.07. The zero-order chi connectivity index (χ0) is 18.2. The molecule has 0 N–H and O–H groups in total. The van der Waals surface area contributed by atoms with E-state index in [4.69, 9.17) is 4.74 Å². The Morgan fingerprint density at radius 2 is 1.77 bits per heavy atom. The van der Waals surface area contributed by atoms with Crippen LogP contribution in [0.25, 0.3) is 0 Å². The van der Waals surface area contributed by atoms with Crippen LogP contribution in [0.3, 0.4) is 0 Å². The first-order chi connectivity index (χ1) is 12.8. The molecule has 3 heteroatoms. The summed E-state index contributed by atoms with van der Waals surface area (Å²) in [7, 11) is 1.71. The smallest absolute Gasteiger partial charge is 0.119 e. The molecule has 0 spiro atoms. The van der Waals surface area contributed by atoms with Gasteiger partial charge in [-0.3, -0.25) is 4.90 Å². The fraction of sp³-hybridized carbons (Fsp3) is 0.217. The second-order valence-electron chi connectivity index (χ2n) is 6.42. The number of methoxy groups -OCH3 is 1. The molecule has 0 saturated heterocycles. The zero-order valence-electron chi connectivity index (χ0n) is 15.3. The van der Waals surface area contributed by atoms with Crippen molar-refractivity contribution in [3.05, 3.63) is 102 Å². The highest BCUT2D eigenvalue weighted by atomic mass is 16.5. The van der Waals surface area contributed by atoms with Gasteiger partial charge in [-0.1, -0.05) is 48.5 Å². The normalized spacial score (nSPS) is 10.8. The van der Waals surface area contributed by atoms with Crippen LogP contribution in [0.1, 0.15) is 16.8 Å². The Balaban J connectivity index is 1.72. The lowest BCUT2D eigenvalue weighted by atomic mass is 10.2. The molecule has 0 aliphatic carbocycles. The summed E-state index contributed by atoms with van der Waals surface area (Å²) in [5.41, 5.74) is 3.86. The summed E-state index contributed by atoms with van der Waals surface area (Å²) in [5, 5.41) is 0. The second-order valence-corrected chi connectivity index (χ2v) is 6.42. The lowest BCUT2D eigenvalue weighted by Crippen LogP contribution is -2.24. The maximum atomic E-state index is 5.34. The van der Waals surface area contributed by atoms with Crippen LogP contribution in [-0.2, 0) is 19.6 Å². The van der Waals surface area contributed by atoms with E-state index in [2.05, 4.69) is 76.8 Å². The van der Waals surface area contributed by atoms with Gasteiger partial charge >= 0.3 is 0 Å². The van der Waals surface area contributed by atoms with Gasteiger partial charge in [0.1, 0.15) is 5.75 Å². The third-order valence-corrected chi connectivity index (χ3v) is 4.43. The molecule has 1 aromatic heterocycles. The lowest BCUT2D eigenvalue weighted by Gasteiger charge is -2.22. The average molecular weight is 346 g/mol. The molecule has 134 valence electrons. The Labute approximate surface area is 156 Å². The fourth-order valence-electron chi connectivity index (χ4n) is 3.15. The van der Waals surface area contributed by atoms with Crippen LogP contribution in [0.15, 0.2) is 85.6 Å². The Bertz CT molecular complexity index is 823. The van der Waals surface area contributed by atoms with Gasteiger partial charge in [0.25, 0.3) is 0 Å². The van der Waals surface area contributed by atoms with Crippen molar-refractivity contribution in [2.45, 2.75) is 19.6 Å². The molecular weight excluding hydrogens is 320 g/mol. The minimum atomic E-state index is 0.841. The van der Waals surface area contributed by atoms with E-state index in [0.29, 0.717) is 0 Å². The quantitative estimate of drug-likeness (QED) is 0.521. The molecule has 26 heavy (non-hydrogen) atoms. The van der Waals surface area contributed by atoms with Gasteiger partial charge in [-0.05, 0) is 35.4 Å². The van der Waals surface area contributed by atoms with Crippen molar-refractivity contribution in [1.82, 2.24) is 9.47 Å². The first kappa shape index (κ1) is 18.0. The number of hydrogen-bond donors (Lipinski definition) is 0. The molecule has 1 heterocycles. The molecule has 3 aromatic rings. The molecule has 0 saturated carbocycles.